The monoisotopic (exact) mass is 458 g/mol. The number of anilines is 1. The van der Waals surface area contributed by atoms with Gasteiger partial charge in [-0.25, -0.2) is 4.39 Å². The van der Waals surface area contributed by atoms with Crippen LogP contribution >= 0.6 is 0 Å². The zero-order chi connectivity index (χ0) is 23.5. The summed E-state index contributed by atoms with van der Waals surface area (Å²) in [6, 6.07) is 18.0. The van der Waals surface area contributed by atoms with Gasteiger partial charge < -0.3 is 14.6 Å². The number of carbonyl (C=O) groups is 2. The van der Waals surface area contributed by atoms with Crippen LogP contribution in [0.4, 0.5) is 10.1 Å². The topological polar surface area (TPSA) is 78.7 Å². The number of hydrogen-bond acceptors (Lipinski definition) is 5. The van der Waals surface area contributed by atoms with Crippen LogP contribution in [-0.4, -0.2) is 52.8 Å². The van der Waals surface area contributed by atoms with Crippen LogP contribution in [0.15, 0.2) is 83.6 Å². The number of fused-ring (bicyclic) bond motifs is 1. The molecule has 0 saturated carbocycles. The van der Waals surface area contributed by atoms with Gasteiger partial charge >= 0.3 is 0 Å². The van der Waals surface area contributed by atoms with Gasteiger partial charge in [-0.1, -0.05) is 18.2 Å². The molecule has 2 aromatic carbocycles. The van der Waals surface area contributed by atoms with Gasteiger partial charge in [0.25, 0.3) is 5.91 Å². The van der Waals surface area contributed by atoms with E-state index in [0.717, 1.165) is 16.5 Å². The first kappa shape index (κ1) is 21.8. The number of benzene rings is 2. The maximum Gasteiger partial charge on any atom is 0.289 e. The Balaban J connectivity index is 1.43. The molecule has 0 radical (unpaired) electrons. The van der Waals surface area contributed by atoms with Crippen molar-refractivity contribution in [3.05, 3.63) is 96.3 Å². The second-order valence-corrected chi connectivity index (χ2v) is 8.12. The average Bonchev–Trinajstić information content (AvgIpc) is 3.41. The van der Waals surface area contributed by atoms with Crippen molar-refractivity contribution in [1.82, 2.24) is 14.8 Å². The number of rotatable bonds is 5. The van der Waals surface area contributed by atoms with E-state index in [0.29, 0.717) is 37.6 Å². The highest BCUT2D eigenvalue weighted by Gasteiger charge is 2.33. The number of halogens is 1. The molecule has 7 nitrogen and oxygen atoms in total. The van der Waals surface area contributed by atoms with E-state index in [4.69, 9.17) is 4.42 Å². The standard InChI is InChI=1S/C26H23FN4O3/c27-18-7-9-19(10-8-18)29-25(32)24(21-11-12-28-22-5-2-1-4-20(21)22)30-13-15-31(16-14-30)26(33)23-6-3-17-34-23/h1-12,17,24H,13-16H2,(H,29,32). The highest BCUT2D eigenvalue weighted by Crippen LogP contribution is 2.30. The number of hydrogen-bond donors (Lipinski definition) is 1. The molecule has 172 valence electrons. The number of piperazine rings is 1. The molecule has 0 bridgehead atoms. The predicted molar refractivity (Wildman–Crippen MR) is 126 cm³/mol. The molecule has 1 unspecified atom stereocenters. The van der Waals surface area contributed by atoms with Gasteiger partial charge in [-0.2, -0.15) is 0 Å². The molecule has 1 saturated heterocycles. The summed E-state index contributed by atoms with van der Waals surface area (Å²) in [5.74, 6) is -0.452. The molecule has 2 aromatic heterocycles. The van der Waals surface area contributed by atoms with Crippen LogP contribution in [0, 0.1) is 5.82 Å². The Kier molecular flexibility index (Phi) is 6.05. The smallest absolute Gasteiger partial charge is 0.289 e. The summed E-state index contributed by atoms with van der Waals surface area (Å²) in [6.45, 7) is 1.93. The van der Waals surface area contributed by atoms with Crippen molar-refractivity contribution in [3.63, 3.8) is 0 Å². The summed E-state index contributed by atoms with van der Waals surface area (Å²) >= 11 is 0. The third kappa shape index (κ3) is 4.40. The van der Waals surface area contributed by atoms with Crippen molar-refractivity contribution < 1.29 is 18.4 Å². The fourth-order valence-corrected chi connectivity index (χ4v) is 4.34. The minimum Gasteiger partial charge on any atom is -0.459 e. The van der Waals surface area contributed by atoms with E-state index in [1.165, 1.54) is 30.5 Å². The summed E-state index contributed by atoms with van der Waals surface area (Å²) in [6.07, 6.45) is 3.18. The van der Waals surface area contributed by atoms with E-state index in [1.807, 2.05) is 30.3 Å². The van der Waals surface area contributed by atoms with Crippen molar-refractivity contribution in [1.29, 1.82) is 0 Å². The number of pyridine rings is 1. The van der Waals surface area contributed by atoms with Gasteiger partial charge in [-0.15, -0.1) is 0 Å². The van der Waals surface area contributed by atoms with E-state index < -0.39 is 6.04 Å². The maximum atomic E-state index is 13.6. The Bertz CT molecular complexity index is 1290. The predicted octanol–water partition coefficient (Wildman–Crippen LogP) is 4.10. The first-order valence-corrected chi connectivity index (χ1v) is 11.1. The van der Waals surface area contributed by atoms with Gasteiger partial charge in [0.1, 0.15) is 11.9 Å². The van der Waals surface area contributed by atoms with E-state index >= 15 is 0 Å². The van der Waals surface area contributed by atoms with Gasteiger partial charge in [0.2, 0.25) is 5.91 Å². The first-order valence-electron chi connectivity index (χ1n) is 11.1. The Morgan fingerprint density at radius 1 is 0.941 bits per heavy atom. The Morgan fingerprint density at radius 2 is 1.71 bits per heavy atom. The molecule has 1 aliphatic rings. The van der Waals surface area contributed by atoms with Gasteiger partial charge in [0, 0.05) is 43.4 Å². The van der Waals surface area contributed by atoms with Crippen LogP contribution in [0.2, 0.25) is 0 Å². The van der Waals surface area contributed by atoms with Crippen LogP contribution in [-0.2, 0) is 4.79 Å². The summed E-state index contributed by atoms with van der Waals surface area (Å²) in [5.41, 5.74) is 2.14. The highest BCUT2D eigenvalue weighted by molar-refractivity contribution is 5.98. The molecule has 8 heteroatoms. The zero-order valence-corrected chi connectivity index (χ0v) is 18.4. The fourth-order valence-electron chi connectivity index (χ4n) is 4.34. The van der Waals surface area contributed by atoms with Gasteiger partial charge in [-0.05, 0) is 54.1 Å². The molecule has 34 heavy (non-hydrogen) atoms. The van der Waals surface area contributed by atoms with Crippen molar-refractivity contribution in [3.8, 4) is 0 Å². The Hall–Kier alpha value is -4.04. The average molecular weight is 458 g/mol. The van der Waals surface area contributed by atoms with Crippen LogP contribution in [0.1, 0.15) is 22.2 Å². The molecule has 1 fully saturated rings. The number of para-hydroxylation sites is 1. The number of carbonyl (C=O) groups excluding carboxylic acids is 2. The Morgan fingerprint density at radius 3 is 2.44 bits per heavy atom. The summed E-state index contributed by atoms with van der Waals surface area (Å²) in [7, 11) is 0. The molecular weight excluding hydrogens is 435 g/mol. The molecule has 1 N–H and O–H groups in total. The lowest BCUT2D eigenvalue weighted by atomic mass is 9.99. The van der Waals surface area contributed by atoms with Crippen LogP contribution in [0.5, 0.6) is 0 Å². The molecule has 3 heterocycles. The second kappa shape index (κ2) is 9.44. The van der Waals surface area contributed by atoms with Gasteiger partial charge in [0.15, 0.2) is 5.76 Å². The molecule has 1 aliphatic heterocycles. The maximum absolute atomic E-state index is 13.6. The molecule has 0 spiro atoms. The van der Waals surface area contributed by atoms with Crippen molar-refractivity contribution in [2.45, 2.75) is 6.04 Å². The number of aromatic nitrogens is 1. The number of furan rings is 1. The third-order valence-electron chi connectivity index (χ3n) is 6.04. The summed E-state index contributed by atoms with van der Waals surface area (Å²) in [5, 5.41) is 3.81. The third-order valence-corrected chi connectivity index (χ3v) is 6.04. The lowest BCUT2D eigenvalue weighted by Gasteiger charge is -2.38. The quantitative estimate of drug-likeness (QED) is 0.487. The van der Waals surface area contributed by atoms with Crippen LogP contribution < -0.4 is 5.32 Å². The molecule has 4 aromatic rings. The zero-order valence-electron chi connectivity index (χ0n) is 18.4. The largest absolute Gasteiger partial charge is 0.459 e. The Labute approximate surface area is 195 Å². The van der Waals surface area contributed by atoms with Crippen LogP contribution in [0.3, 0.4) is 0 Å². The molecule has 2 amide bonds. The minimum absolute atomic E-state index is 0.161. The number of nitrogens with one attached hydrogen (secondary N) is 1. The van der Waals surface area contributed by atoms with Crippen molar-refractivity contribution in [2.24, 2.45) is 0 Å². The lowest BCUT2D eigenvalue weighted by Crippen LogP contribution is -2.51. The van der Waals surface area contributed by atoms with E-state index in [-0.39, 0.29) is 17.6 Å². The summed E-state index contributed by atoms with van der Waals surface area (Å²) < 4.78 is 18.6. The van der Waals surface area contributed by atoms with Gasteiger partial charge in [-0.3, -0.25) is 19.5 Å². The van der Waals surface area contributed by atoms with Crippen LogP contribution in [0.25, 0.3) is 10.9 Å². The second-order valence-electron chi connectivity index (χ2n) is 8.12. The molecule has 0 aliphatic carbocycles. The minimum atomic E-state index is -0.612. The van der Waals surface area contributed by atoms with Crippen molar-refractivity contribution >= 4 is 28.4 Å². The lowest BCUT2D eigenvalue weighted by molar-refractivity contribution is -0.122. The summed E-state index contributed by atoms with van der Waals surface area (Å²) in [4.78, 5) is 34.5. The number of nitrogens with zero attached hydrogens (tertiary/aromatic N) is 3. The number of amides is 2. The van der Waals surface area contributed by atoms with E-state index in [2.05, 4.69) is 15.2 Å². The highest BCUT2D eigenvalue weighted by atomic mass is 19.1. The SMILES string of the molecule is O=C(Nc1ccc(F)cc1)C(c1ccnc2ccccc12)N1CCN(C(=O)c2ccco2)CC1. The van der Waals surface area contributed by atoms with Gasteiger partial charge in [0.05, 0.1) is 11.8 Å². The fraction of sp³-hybridized carbons (Fsp3) is 0.192. The molecular formula is C26H23FN4O3. The van der Waals surface area contributed by atoms with E-state index in [1.54, 1.807) is 23.2 Å². The normalized spacial score (nSPS) is 15.3. The molecule has 5 rings (SSSR count). The molecule has 1 atom stereocenters. The van der Waals surface area contributed by atoms with Crippen molar-refractivity contribution in [2.75, 3.05) is 31.5 Å². The first-order chi connectivity index (χ1) is 16.6. The van der Waals surface area contributed by atoms with E-state index in [9.17, 15) is 14.0 Å².